The number of nitrogens with one attached hydrogen (secondary N) is 1. The Kier molecular flexibility index (Phi) is 3.87. The van der Waals surface area contributed by atoms with Gasteiger partial charge in [-0.1, -0.05) is 0 Å². The van der Waals surface area contributed by atoms with Crippen molar-refractivity contribution in [2.45, 2.75) is 32.5 Å². The number of rotatable bonds is 3. The topological polar surface area (TPSA) is 37.8 Å². The number of nitrogens with zero attached hydrogens (tertiary/aromatic N) is 2. The van der Waals surface area contributed by atoms with E-state index in [9.17, 15) is 13.2 Å². The second-order valence-electron chi connectivity index (χ2n) is 4.28. The molecule has 0 fully saturated rings. The van der Waals surface area contributed by atoms with Crippen molar-refractivity contribution in [3.63, 3.8) is 0 Å². The molecule has 19 heavy (non-hydrogen) atoms. The molecule has 0 saturated carbocycles. The van der Waals surface area contributed by atoms with Crippen LogP contribution in [0.15, 0.2) is 6.07 Å². The van der Waals surface area contributed by atoms with Crippen molar-refractivity contribution in [1.29, 1.82) is 0 Å². The number of fused-ring (bicyclic) bond motifs is 1. The Morgan fingerprint density at radius 1 is 1.42 bits per heavy atom. The molecule has 0 aromatic carbocycles. The van der Waals surface area contributed by atoms with Crippen LogP contribution in [0.25, 0.3) is 10.2 Å². The summed E-state index contributed by atoms with van der Waals surface area (Å²) in [4.78, 5) is 9.68. The third kappa shape index (κ3) is 3.70. The van der Waals surface area contributed by atoms with Gasteiger partial charge < -0.3 is 5.32 Å². The molecule has 0 bridgehead atoms. The van der Waals surface area contributed by atoms with Crippen LogP contribution in [0.3, 0.4) is 0 Å². The van der Waals surface area contributed by atoms with E-state index in [0.29, 0.717) is 16.0 Å². The highest BCUT2D eigenvalue weighted by Gasteiger charge is 2.30. The van der Waals surface area contributed by atoms with E-state index in [1.165, 1.54) is 18.3 Å². The highest BCUT2D eigenvalue weighted by Crippen LogP contribution is 2.31. The summed E-state index contributed by atoms with van der Waals surface area (Å²) in [6, 6.07) is 1.05. The zero-order valence-corrected chi connectivity index (χ0v) is 11.7. The van der Waals surface area contributed by atoms with E-state index in [-0.39, 0.29) is 5.28 Å². The van der Waals surface area contributed by atoms with Crippen LogP contribution in [0.1, 0.15) is 18.2 Å². The summed E-state index contributed by atoms with van der Waals surface area (Å²) in [6.07, 6.45) is -5.15. The van der Waals surface area contributed by atoms with Crippen LogP contribution in [0.5, 0.6) is 0 Å². The number of aryl methyl sites for hydroxylation is 1. The van der Waals surface area contributed by atoms with Gasteiger partial charge >= 0.3 is 6.18 Å². The van der Waals surface area contributed by atoms with Crippen LogP contribution in [-0.4, -0.2) is 22.2 Å². The van der Waals surface area contributed by atoms with Gasteiger partial charge in [0.15, 0.2) is 0 Å². The van der Waals surface area contributed by atoms with Crippen molar-refractivity contribution < 1.29 is 13.2 Å². The van der Waals surface area contributed by atoms with Gasteiger partial charge in [-0.05, 0) is 31.5 Å². The standard InChI is InChI=1S/C11H11ClF3N3S/c1-5(4-11(13,14)15)16-8-7-3-6(2)19-9(7)18-10(12)17-8/h3,5H,4H2,1-2H3,(H,16,17,18). The fourth-order valence-corrected chi connectivity index (χ4v) is 2.86. The van der Waals surface area contributed by atoms with E-state index in [4.69, 9.17) is 11.6 Å². The van der Waals surface area contributed by atoms with Crippen LogP contribution in [0.4, 0.5) is 19.0 Å². The Labute approximate surface area is 116 Å². The number of thiophene rings is 1. The summed E-state index contributed by atoms with van der Waals surface area (Å²) >= 11 is 7.19. The van der Waals surface area contributed by atoms with Gasteiger partial charge in [-0.3, -0.25) is 0 Å². The molecule has 8 heteroatoms. The molecule has 1 N–H and O–H groups in total. The van der Waals surface area contributed by atoms with Crippen molar-refractivity contribution in [2.75, 3.05) is 5.32 Å². The fraction of sp³-hybridized carbons (Fsp3) is 0.455. The van der Waals surface area contributed by atoms with E-state index in [1.54, 1.807) is 0 Å². The molecule has 0 spiro atoms. The van der Waals surface area contributed by atoms with E-state index in [0.717, 1.165) is 4.88 Å². The molecule has 2 heterocycles. The maximum atomic E-state index is 12.3. The molecule has 3 nitrogen and oxygen atoms in total. The SMILES string of the molecule is Cc1cc2c(NC(C)CC(F)(F)F)nc(Cl)nc2s1. The molecule has 0 aliphatic carbocycles. The number of hydrogen-bond acceptors (Lipinski definition) is 4. The Morgan fingerprint density at radius 2 is 2.11 bits per heavy atom. The Bertz CT molecular complexity index is 597. The minimum atomic E-state index is -4.22. The van der Waals surface area contributed by atoms with Crippen LogP contribution in [-0.2, 0) is 0 Å². The first-order valence-electron chi connectivity index (χ1n) is 5.51. The Hall–Kier alpha value is -1.08. The summed E-state index contributed by atoms with van der Waals surface area (Å²) in [7, 11) is 0. The molecule has 0 aliphatic heterocycles. The molecule has 0 amide bonds. The van der Waals surface area contributed by atoms with Gasteiger partial charge in [0.25, 0.3) is 0 Å². The molecule has 1 atom stereocenters. The lowest BCUT2D eigenvalue weighted by Crippen LogP contribution is -2.24. The third-order valence-corrected chi connectivity index (χ3v) is 3.52. The van der Waals surface area contributed by atoms with Gasteiger partial charge in [-0.15, -0.1) is 11.3 Å². The van der Waals surface area contributed by atoms with Crippen LogP contribution < -0.4 is 5.32 Å². The molecule has 0 saturated heterocycles. The lowest BCUT2D eigenvalue weighted by Gasteiger charge is -2.16. The molecule has 104 valence electrons. The molecular formula is C11H11ClF3N3S. The van der Waals surface area contributed by atoms with Crippen molar-refractivity contribution >= 4 is 39.0 Å². The summed E-state index contributed by atoms with van der Waals surface area (Å²) in [5.41, 5.74) is 0. The van der Waals surface area contributed by atoms with Crippen LogP contribution in [0, 0.1) is 6.92 Å². The molecule has 2 aromatic rings. The maximum absolute atomic E-state index is 12.3. The summed E-state index contributed by atoms with van der Waals surface area (Å²) in [5.74, 6) is 0.344. The predicted octanol–water partition coefficient (Wildman–Crippen LogP) is 4.41. The number of hydrogen-bond donors (Lipinski definition) is 1. The molecule has 0 aliphatic rings. The highest BCUT2D eigenvalue weighted by atomic mass is 35.5. The zero-order chi connectivity index (χ0) is 14.2. The monoisotopic (exact) mass is 309 g/mol. The van der Waals surface area contributed by atoms with Gasteiger partial charge in [0.2, 0.25) is 5.28 Å². The number of alkyl halides is 3. The number of aromatic nitrogens is 2. The summed E-state index contributed by atoms with van der Waals surface area (Å²) in [5, 5.41) is 3.47. The van der Waals surface area contributed by atoms with Gasteiger partial charge in [0.1, 0.15) is 10.6 Å². The van der Waals surface area contributed by atoms with Gasteiger partial charge in [0.05, 0.1) is 11.8 Å². The quantitative estimate of drug-likeness (QED) is 0.854. The van der Waals surface area contributed by atoms with Crippen molar-refractivity contribution in [1.82, 2.24) is 9.97 Å². The first kappa shape index (κ1) is 14.3. The average Bonchev–Trinajstić information content (AvgIpc) is 2.55. The van der Waals surface area contributed by atoms with Crippen LogP contribution in [0.2, 0.25) is 5.28 Å². The number of halogens is 4. The second-order valence-corrected chi connectivity index (χ2v) is 5.85. The second kappa shape index (κ2) is 5.13. The largest absolute Gasteiger partial charge is 0.391 e. The zero-order valence-electron chi connectivity index (χ0n) is 10.2. The molecule has 2 aromatic heterocycles. The van der Waals surface area contributed by atoms with Crippen molar-refractivity contribution in [2.24, 2.45) is 0 Å². The van der Waals surface area contributed by atoms with Crippen molar-refractivity contribution in [3.8, 4) is 0 Å². The van der Waals surface area contributed by atoms with E-state index < -0.39 is 18.6 Å². The van der Waals surface area contributed by atoms with Gasteiger partial charge in [-0.2, -0.15) is 13.2 Å². The highest BCUT2D eigenvalue weighted by molar-refractivity contribution is 7.18. The Balaban J connectivity index is 2.29. The summed E-state index contributed by atoms with van der Waals surface area (Å²) in [6.45, 7) is 3.34. The van der Waals surface area contributed by atoms with Crippen LogP contribution >= 0.6 is 22.9 Å². The smallest absolute Gasteiger partial charge is 0.367 e. The first-order valence-corrected chi connectivity index (χ1v) is 6.71. The third-order valence-electron chi connectivity index (χ3n) is 2.41. The van der Waals surface area contributed by atoms with E-state index in [1.807, 2.05) is 13.0 Å². The minimum Gasteiger partial charge on any atom is -0.367 e. The molecule has 1 unspecified atom stereocenters. The fourth-order valence-electron chi connectivity index (χ4n) is 1.76. The Morgan fingerprint density at radius 3 is 2.74 bits per heavy atom. The molecule has 2 rings (SSSR count). The van der Waals surface area contributed by atoms with E-state index in [2.05, 4.69) is 15.3 Å². The lowest BCUT2D eigenvalue weighted by molar-refractivity contribution is -0.136. The van der Waals surface area contributed by atoms with E-state index >= 15 is 0 Å². The number of anilines is 1. The lowest BCUT2D eigenvalue weighted by atomic mass is 10.2. The van der Waals surface area contributed by atoms with Crippen molar-refractivity contribution in [3.05, 3.63) is 16.2 Å². The molecular weight excluding hydrogens is 299 g/mol. The first-order chi connectivity index (χ1) is 8.74. The molecule has 0 radical (unpaired) electrons. The average molecular weight is 310 g/mol. The van der Waals surface area contributed by atoms with Gasteiger partial charge in [0, 0.05) is 10.9 Å². The summed E-state index contributed by atoms with van der Waals surface area (Å²) < 4.78 is 36.9. The predicted molar refractivity (Wildman–Crippen MR) is 70.9 cm³/mol. The minimum absolute atomic E-state index is 0.0241. The maximum Gasteiger partial charge on any atom is 0.391 e. The normalized spacial score (nSPS) is 13.8. The van der Waals surface area contributed by atoms with Gasteiger partial charge in [-0.25, -0.2) is 9.97 Å².